The Morgan fingerprint density at radius 2 is 2.17 bits per heavy atom. The van der Waals surface area contributed by atoms with Gasteiger partial charge in [-0.15, -0.1) is 0 Å². The lowest BCUT2D eigenvalue weighted by Crippen LogP contribution is -2.35. The maximum absolute atomic E-state index is 8.75. The summed E-state index contributed by atoms with van der Waals surface area (Å²) in [4.78, 5) is 0. The molecule has 0 rings (SSSR count). The van der Waals surface area contributed by atoms with Gasteiger partial charge in [-0.05, 0) is 26.0 Å². The van der Waals surface area contributed by atoms with Gasteiger partial charge in [0.15, 0.2) is 0 Å². The number of nitrogens with one attached hydrogen (secondary N) is 1. The number of nitrogens with zero attached hydrogens (tertiary/aromatic N) is 1. The summed E-state index contributed by atoms with van der Waals surface area (Å²) in [7, 11) is 0. The summed E-state index contributed by atoms with van der Waals surface area (Å²) < 4.78 is 0. The molecule has 0 saturated heterocycles. The van der Waals surface area contributed by atoms with Crippen molar-refractivity contribution in [3.05, 3.63) is 0 Å². The molecule has 2 nitrogen and oxygen atoms in total. The summed E-state index contributed by atoms with van der Waals surface area (Å²) in [5.74, 6) is 2.06. The predicted molar refractivity (Wildman–Crippen MR) is 55.3 cm³/mol. The highest BCUT2D eigenvalue weighted by Gasteiger charge is 2.07. The summed E-state index contributed by atoms with van der Waals surface area (Å²) in [6.45, 7) is 6.29. The van der Waals surface area contributed by atoms with Crippen molar-refractivity contribution in [1.82, 2.24) is 5.32 Å². The Bertz CT molecular complexity index is 140. The molecule has 0 aliphatic rings. The maximum Gasteiger partial charge on any atom is 0.105 e. The number of hydrogen-bond donors (Lipinski definition) is 1. The molecular formula is C9H18N2S. The van der Waals surface area contributed by atoms with Crippen molar-refractivity contribution in [2.24, 2.45) is 0 Å². The molecule has 0 aromatic heterocycles. The van der Waals surface area contributed by atoms with Crippen LogP contribution in [0.2, 0.25) is 0 Å². The fraction of sp³-hybridized carbons (Fsp3) is 0.889. The first-order valence-electron chi connectivity index (χ1n) is 4.44. The molecule has 3 heteroatoms. The minimum Gasteiger partial charge on any atom is -0.299 e. The number of hydrogen-bond acceptors (Lipinski definition) is 3. The molecule has 0 saturated carbocycles. The van der Waals surface area contributed by atoms with E-state index < -0.39 is 0 Å². The number of nitriles is 1. The van der Waals surface area contributed by atoms with Gasteiger partial charge in [0, 0.05) is 11.8 Å². The minimum absolute atomic E-state index is 0.0153. The molecule has 0 fully saturated rings. The van der Waals surface area contributed by atoms with Crippen molar-refractivity contribution in [3.8, 4) is 6.07 Å². The fourth-order valence-electron chi connectivity index (χ4n) is 0.871. The van der Waals surface area contributed by atoms with Crippen molar-refractivity contribution in [1.29, 1.82) is 5.26 Å². The molecular weight excluding hydrogens is 168 g/mol. The standard InChI is InChI=1S/C9H18N2S/c1-4-5-12-7-9(6-10)11-8(2)3/h8-9,11H,4-5,7H2,1-3H3. The third-order valence-electron chi connectivity index (χ3n) is 1.32. The molecule has 0 radical (unpaired) electrons. The molecule has 12 heavy (non-hydrogen) atoms. The van der Waals surface area contributed by atoms with Gasteiger partial charge in [0.05, 0.1) is 6.07 Å². The van der Waals surface area contributed by atoms with Gasteiger partial charge >= 0.3 is 0 Å². The van der Waals surface area contributed by atoms with Crippen LogP contribution in [-0.2, 0) is 0 Å². The number of rotatable bonds is 6. The summed E-state index contributed by atoms with van der Waals surface area (Å²) in [6, 6.07) is 2.68. The average molecular weight is 186 g/mol. The topological polar surface area (TPSA) is 35.8 Å². The van der Waals surface area contributed by atoms with E-state index in [-0.39, 0.29) is 6.04 Å². The van der Waals surface area contributed by atoms with E-state index in [0.717, 1.165) is 11.5 Å². The molecule has 1 atom stereocenters. The highest BCUT2D eigenvalue weighted by molar-refractivity contribution is 7.99. The lowest BCUT2D eigenvalue weighted by Gasteiger charge is -2.13. The number of thioether (sulfide) groups is 1. The van der Waals surface area contributed by atoms with Crippen LogP contribution in [0.4, 0.5) is 0 Å². The van der Waals surface area contributed by atoms with Gasteiger partial charge in [-0.2, -0.15) is 17.0 Å². The summed E-state index contributed by atoms with van der Waals surface area (Å²) in [6.07, 6.45) is 1.19. The zero-order valence-electron chi connectivity index (χ0n) is 8.13. The summed E-state index contributed by atoms with van der Waals surface area (Å²) >= 11 is 1.84. The van der Waals surface area contributed by atoms with E-state index in [1.807, 2.05) is 11.8 Å². The van der Waals surface area contributed by atoms with E-state index in [2.05, 4.69) is 32.2 Å². The zero-order chi connectivity index (χ0) is 9.40. The van der Waals surface area contributed by atoms with E-state index in [1.165, 1.54) is 6.42 Å². The molecule has 1 N–H and O–H groups in total. The van der Waals surface area contributed by atoms with Crippen molar-refractivity contribution in [2.75, 3.05) is 11.5 Å². The van der Waals surface area contributed by atoms with Gasteiger partial charge in [0.2, 0.25) is 0 Å². The smallest absolute Gasteiger partial charge is 0.105 e. The lowest BCUT2D eigenvalue weighted by molar-refractivity contribution is 0.560. The molecule has 70 valence electrons. The van der Waals surface area contributed by atoms with E-state index in [0.29, 0.717) is 6.04 Å². The van der Waals surface area contributed by atoms with E-state index in [9.17, 15) is 0 Å². The Morgan fingerprint density at radius 3 is 2.58 bits per heavy atom. The minimum atomic E-state index is 0.0153. The van der Waals surface area contributed by atoms with Crippen LogP contribution in [0.1, 0.15) is 27.2 Å². The van der Waals surface area contributed by atoms with Crippen LogP contribution in [0.5, 0.6) is 0 Å². The van der Waals surface area contributed by atoms with Crippen molar-refractivity contribution < 1.29 is 0 Å². The summed E-state index contributed by atoms with van der Waals surface area (Å²) in [5, 5.41) is 12.0. The van der Waals surface area contributed by atoms with Gasteiger partial charge < -0.3 is 0 Å². The first-order chi connectivity index (χ1) is 5.70. The second-order valence-corrected chi connectivity index (χ2v) is 4.23. The van der Waals surface area contributed by atoms with Gasteiger partial charge in [0.25, 0.3) is 0 Å². The third kappa shape index (κ3) is 6.51. The molecule has 0 bridgehead atoms. The third-order valence-corrected chi connectivity index (χ3v) is 2.59. The quantitative estimate of drug-likeness (QED) is 0.645. The Kier molecular flexibility index (Phi) is 7.33. The van der Waals surface area contributed by atoms with Gasteiger partial charge in [0.1, 0.15) is 6.04 Å². The molecule has 0 spiro atoms. The first-order valence-corrected chi connectivity index (χ1v) is 5.59. The van der Waals surface area contributed by atoms with Gasteiger partial charge in [-0.25, -0.2) is 0 Å². The molecule has 0 aliphatic carbocycles. The van der Waals surface area contributed by atoms with Gasteiger partial charge in [-0.3, -0.25) is 5.32 Å². The van der Waals surface area contributed by atoms with Crippen LogP contribution in [0.15, 0.2) is 0 Å². The SMILES string of the molecule is CCCSCC(C#N)NC(C)C. The first kappa shape index (κ1) is 11.8. The Labute approximate surface area is 79.7 Å². The second-order valence-electron chi connectivity index (χ2n) is 3.08. The fourth-order valence-corrected chi connectivity index (χ4v) is 1.73. The monoisotopic (exact) mass is 186 g/mol. The van der Waals surface area contributed by atoms with Crippen LogP contribution >= 0.6 is 11.8 Å². The maximum atomic E-state index is 8.75. The van der Waals surface area contributed by atoms with Crippen molar-refractivity contribution in [3.63, 3.8) is 0 Å². The van der Waals surface area contributed by atoms with Crippen molar-refractivity contribution in [2.45, 2.75) is 39.3 Å². The largest absolute Gasteiger partial charge is 0.299 e. The van der Waals surface area contributed by atoms with Crippen molar-refractivity contribution >= 4 is 11.8 Å². The van der Waals surface area contributed by atoms with E-state index in [1.54, 1.807) is 0 Å². The molecule has 0 aromatic carbocycles. The summed E-state index contributed by atoms with van der Waals surface area (Å²) in [5.41, 5.74) is 0. The van der Waals surface area contributed by atoms with Crippen LogP contribution < -0.4 is 5.32 Å². The van der Waals surface area contributed by atoms with E-state index in [4.69, 9.17) is 5.26 Å². The Morgan fingerprint density at radius 1 is 1.50 bits per heavy atom. The molecule has 0 aliphatic heterocycles. The lowest BCUT2D eigenvalue weighted by atomic mass is 10.3. The van der Waals surface area contributed by atoms with Crippen LogP contribution in [0.25, 0.3) is 0 Å². The van der Waals surface area contributed by atoms with Gasteiger partial charge in [-0.1, -0.05) is 6.92 Å². The van der Waals surface area contributed by atoms with Crippen LogP contribution in [0.3, 0.4) is 0 Å². The highest BCUT2D eigenvalue weighted by Crippen LogP contribution is 2.04. The van der Waals surface area contributed by atoms with E-state index >= 15 is 0 Å². The molecule has 1 unspecified atom stereocenters. The second kappa shape index (κ2) is 7.45. The Balaban J connectivity index is 3.48. The van der Waals surface area contributed by atoms with Crippen LogP contribution in [-0.4, -0.2) is 23.6 Å². The molecule has 0 aromatic rings. The van der Waals surface area contributed by atoms with Crippen LogP contribution in [0, 0.1) is 11.3 Å². The molecule has 0 amide bonds. The predicted octanol–water partition coefficient (Wildman–Crippen LogP) is 2.02. The zero-order valence-corrected chi connectivity index (χ0v) is 8.95. The highest BCUT2D eigenvalue weighted by atomic mass is 32.2. The Hall–Kier alpha value is -0.200. The molecule has 0 heterocycles. The average Bonchev–Trinajstić information content (AvgIpc) is 2.02. The normalized spacial score (nSPS) is 12.9.